The predicted molar refractivity (Wildman–Crippen MR) is 82.3 cm³/mol. The fraction of sp³-hybridized carbons (Fsp3) is 0.500. The van der Waals surface area contributed by atoms with Crippen LogP contribution in [-0.4, -0.2) is 32.3 Å². The van der Waals surface area contributed by atoms with Crippen molar-refractivity contribution in [3.8, 4) is 0 Å². The highest BCUT2D eigenvalue weighted by Gasteiger charge is 2.39. The van der Waals surface area contributed by atoms with E-state index in [0.29, 0.717) is 18.7 Å². The molecular weight excluding hydrogens is 270 g/mol. The smallest absolute Gasteiger partial charge is 0.0613 e. The Hall–Kier alpha value is -0.970. The Balaban J connectivity index is 2.17. The maximum Gasteiger partial charge on any atom is 0.0613 e. The molecule has 1 saturated heterocycles. The number of hydrogen-bond donors (Lipinski definition) is 1. The van der Waals surface area contributed by atoms with Gasteiger partial charge in [-0.05, 0) is 38.3 Å². The highest BCUT2D eigenvalue weighted by Crippen LogP contribution is 2.32. The van der Waals surface area contributed by atoms with Gasteiger partial charge in [-0.3, -0.25) is 4.21 Å². The van der Waals surface area contributed by atoms with Gasteiger partial charge in [-0.1, -0.05) is 30.2 Å². The lowest BCUT2D eigenvalue weighted by molar-refractivity contribution is -0.181. The lowest BCUT2D eigenvalue weighted by Gasteiger charge is -2.42. The van der Waals surface area contributed by atoms with Gasteiger partial charge < -0.3 is 5.21 Å². The van der Waals surface area contributed by atoms with Gasteiger partial charge in [0, 0.05) is 17.2 Å². The molecule has 0 saturated carbocycles. The number of benzene rings is 1. The van der Waals surface area contributed by atoms with Crippen LogP contribution in [-0.2, 0) is 10.8 Å². The SMILES string of the molecule is C=CC[C@]1(CS(=O)c2ccc(C)cc2)CCCCN1O. The summed E-state index contributed by atoms with van der Waals surface area (Å²) in [5.74, 6) is 0.457. The van der Waals surface area contributed by atoms with Crippen LogP contribution in [0.1, 0.15) is 31.2 Å². The van der Waals surface area contributed by atoms with Crippen LogP contribution < -0.4 is 0 Å². The van der Waals surface area contributed by atoms with Crippen LogP contribution >= 0.6 is 0 Å². The van der Waals surface area contributed by atoms with E-state index in [2.05, 4.69) is 6.58 Å². The van der Waals surface area contributed by atoms with E-state index in [0.717, 1.165) is 29.7 Å². The highest BCUT2D eigenvalue weighted by molar-refractivity contribution is 7.85. The van der Waals surface area contributed by atoms with Gasteiger partial charge in [-0.25, -0.2) is 0 Å². The molecule has 2 rings (SSSR count). The minimum absolute atomic E-state index is 0.421. The van der Waals surface area contributed by atoms with Crippen molar-refractivity contribution >= 4 is 10.8 Å². The largest absolute Gasteiger partial charge is 0.313 e. The summed E-state index contributed by atoms with van der Waals surface area (Å²) in [7, 11) is -1.10. The quantitative estimate of drug-likeness (QED) is 0.847. The molecule has 1 aromatic carbocycles. The molecule has 0 radical (unpaired) electrons. The van der Waals surface area contributed by atoms with E-state index in [-0.39, 0.29) is 0 Å². The van der Waals surface area contributed by atoms with Gasteiger partial charge in [0.05, 0.1) is 16.3 Å². The molecule has 0 aromatic heterocycles. The zero-order chi connectivity index (χ0) is 14.6. The molecule has 2 atom stereocenters. The summed E-state index contributed by atoms with van der Waals surface area (Å²) in [6.45, 7) is 6.46. The molecule has 1 unspecified atom stereocenters. The van der Waals surface area contributed by atoms with Crippen LogP contribution in [0.15, 0.2) is 41.8 Å². The summed E-state index contributed by atoms with van der Waals surface area (Å²) in [6.07, 6.45) is 5.41. The predicted octanol–water partition coefficient (Wildman–Crippen LogP) is 3.29. The van der Waals surface area contributed by atoms with Crippen LogP contribution in [0.5, 0.6) is 0 Å². The highest BCUT2D eigenvalue weighted by atomic mass is 32.2. The second kappa shape index (κ2) is 6.66. The lowest BCUT2D eigenvalue weighted by Crippen LogP contribution is -2.53. The van der Waals surface area contributed by atoms with Crippen LogP contribution in [0, 0.1) is 6.92 Å². The van der Waals surface area contributed by atoms with Gasteiger partial charge in [0.25, 0.3) is 0 Å². The van der Waals surface area contributed by atoms with Crippen molar-refractivity contribution in [1.82, 2.24) is 5.06 Å². The maximum absolute atomic E-state index is 12.6. The average Bonchev–Trinajstić information content (AvgIpc) is 2.43. The molecular formula is C16H23NO2S. The minimum atomic E-state index is -1.10. The Morgan fingerprint density at radius 1 is 1.40 bits per heavy atom. The monoisotopic (exact) mass is 293 g/mol. The third-order valence-corrected chi connectivity index (χ3v) is 5.62. The minimum Gasteiger partial charge on any atom is -0.313 e. The van der Waals surface area contributed by atoms with Gasteiger partial charge in [0.15, 0.2) is 0 Å². The van der Waals surface area contributed by atoms with Gasteiger partial charge in [0.2, 0.25) is 0 Å². The molecule has 1 fully saturated rings. The van der Waals surface area contributed by atoms with E-state index in [1.165, 1.54) is 5.06 Å². The molecule has 1 N–H and O–H groups in total. The van der Waals surface area contributed by atoms with E-state index in [4.69, 9.17) is 0 Å². The zero-order valence-corrected chi connectivity index (χ0v) is 12.9. The Morgan fingerprint density at radius 3 is 2.70 bits per heavy atom. The number of aryl methyl sites for hydroxylation is 1. The molecule has 0 bridgehead atoms. The number of hydrogen-bond acceptors (Lipinski definition) is 3. The molecule has 0 aliphatic carbocycles. The number of piperidine rings is 1. The first-order valence-electron chi connectivity index (χ1n) is 7.10. The Labute approximate surface area is 123 Å². The van der Waals surface area contributed by atoms with Crippen molar-refractivity contribution in [2.24, 2.45) is 0 Å². The van der Waals surface area contributed by atoms with Crippen molar-refractivity contribution < 1.29 is 9.42 Å². The Bertz CT molecular complexity index is 486. The van der Waals surface area contributed by atoms with Crippen molar-refractivity contribution in [1.29, 1.82) is 0 Å². The van der Waals surface area contributed by atoms with Crippen molar-refractivity contribution in [3.63, 3.8) is 0 Å². The third kappa shape index (κ3) is 3.37. The third-order valence-electron chi connectivity index (χ3n) is 4.02. The number of nitrogens with zero attached hydrogens (tertiary/aromatic N) is 1. The molecule has 1 aliphatic heterocycles. The molecule has 1 aliphatic rings. The Kier molecular flexibility index (Phi) is 5.13. The summed E-state index contributed by atoms with van der Waals surface area (Å²) >= 11 is 0. The van der Waals surface area contributed by atoms with E-state index >= 15 is 0 Å². The van der Waals surface area contributed by atoms with Crippen molar-refractivity contribution in [2.45, 2.75) is 43.0 Å². The van der Waals surface area contributed by atoms with Crippen LogP contribution in [0.25, 0.3) is 0 Å². The molecule has 4 heteroatoms. The lowest BCUT2D eigenvalue weighted by atomic mass is 9.87. The summed E-state index contributed by atoms with van der Waals surface area (Å²) in [4.78, 5) is 0.831. The van der Waals surface area contributed by atoms with Gasteiger partial charge in [0.1, 0.15) is 0 Å². The van der Waals surface area contributed by atoms with Crippen LogP contribution in [0.3, 0.4) is 0 Å². The van der Waals surface area contributed by atoms with E-state index < -0.39 is 16.3 Å². The zero-order valence-electron chi connectivity index (χ0n) is 12.0. The maximum atomic E-state index is 12.6. The van der Waals surface area contributed by atoms with Crippen molar-refractivity contribution in [2.75, 3.05) is 12.3 Å². The molecule has 20 heavy (non-hydrogen) atoms. The summed E-state index contributed by atoms with van der Waals surface area (Å²) in [5.41, 5.74) is 0.739. The van der Waals surface area contributed by atoms with Gasteiger partial charge >= 0.3 is 0 Å². The fourth-order valence-electron chi connectivity index (χ4n) is 2.78. The molecule has 1 heterocycles. The van der Waals surface area contributed by atoms with E-state index in [1.54, 1.807) is 0 Å². The molecule has 0 amide bonds. The standard InChI is InChI=1S/C16H23NO2S/c1-3-10-16(11-4-5-12-17(16)18)13-20(19)15-8-6-14(2)7-9-15/h3,6-9,18H,1,4-5,10-13H2,2H3/t16-,20?/m1/s1. The summed E-state index contributed by atoms with van der Waals surface area (Å²) in [6, 6.07) is 7.78. The van der Waals surface area contributed by atoms with Crippen molar-refractivity contribution in [3.05, 3.63) is 42.5 Å². The molecule has 1 aromatic rings. The van der Waals surface area contributed by atoms with Gasteiger partial charge in [-0.2, -0.15) is 5.06 Å². The first kappa shape index (κ1) is 15.4. The van der Waals surface area contributed by atoms with Gasteiger partial charge in [-0.15, -0.1) is 6.58 Å². The first-order chi connectivity index (χ1) is 9.57. The summed E-state index contributed by atoms with van der Waals surface area (Å²) < 4.78 is 12.6. The molecule has 0 spiro atoms. The van der Waals surface area contributed by atoms with E-state index in [9.17, 15) is 9.42 Å². The molecule has 110 valence electrons. The topological polar surface area (TPSA) is 40.5 Å². The fourth-order valence-corrected chi connectivity index (χ4v) is 4.29. The first-order valence-corrected chi connectivity index (χ1v) is 8.42. The average molecular weight is 293 g/mol. The second-order valence-electron chi connectivity index (χ2n) is 5.60. The summed E-state index contributed by atoms with van der Waals surface area (Å²) in [5, 5.41) is 11.6. The van der Waals surface area contributed by atoms with E-state index in [1.807, 2.05) is 37.3 Å². The second-order valence-corrected chi connectivity index (χ2v) is 7.05. The van der Waals surface area contributed by atoms with Crippen LogP contribution in [0.4, 0.5) is 0 Å². The Morgan fingerprint density at radius 2 is 2.10 bits per heavy atom. The van der Waals surface area contributed by atoms with Crippen LogP contribution in [0.2, 0.25) is 0 Å². The molecule has 3 nitrogen and oxygen atoms in total. The number of rotatable bonds is 5. The number of hydroxylamine groups is 2. The normalized spacial score (nSPS) is 25.3.